The van der Waals surface area contributed by atoms with Crippen LogP contribution < -0.4 is 15.5 Å². The third-order valence-electron chi connectivity index (χ3n) is 5.24. The Balaban J connectivity index is 1.63. The van der Waals surface area contributed by atoms with Crippen LogP contribution in [0.2, 0.25) is 0 Å². The fourth-order valence-corrected chi connectivity index (χ4v) is 5.06. The van der Waals surface area contributed by atoms with E-state index in [9.17, 15) is 4.79 Å². The average molecular weight is 357 g/mol. The predicted octanol–water partition coefficient (Wildman–Crippen LogP) is 2.47. The van der Waals surface area contributed by atoms with Crippen molar-refractivity contribution in [3.05, 3.63) is 51.4 Å². The Labute approximate surface area is 153 Å². The second-order valence-electron chi connectivity index (χ2n) is 8.26. The number of likely N-dealkylation sites (N-methyl/N-ethyl adjacent to an activating group) is 1. The van der Waals surface area contributed by atoms with Crippen LogP contribution in [0.1, 0.15) is 58.9 Å². The van der Waals surface area contributed by atoms with Gasteiger partial charge in [-0.25, -0.2) is 0 Å². The van der Waals surface area contributed by atoms with E-state index in [1.165, 1.54) is 20.9 Å². The normalized spacial score (nSPS) is 22.6. The van der Waals surface area contributed by atoms with Crippen molar-refractivity contribution in [1.82, 2.24) is 5.32 Å². The molecule has 3 heterocycles. The van der Waals surface area contributed by atoms with Crippen LogP contribution in [0.4, 0.5) is 5.00 Å². The molecule has 0 saturated carbocycles. The van der Waals surface area contributed by atoms with Gasteiger partial charge in [0, 0.05) is 6.42 Å². The summed E-state index contributed by atoms with van der Waals surface area (Å²) in [7, 11) is 2.22. The van der Waals surface area contributed by atoms with Gasteiger partial charge in [-0.15, -0.1) is 11.3 Å². The SMILES string of the molecule is C[NH+]1CCc2c(sc3c2C(=O)N[C@@H](c2ccc(C(C)(C)C)cc2)N3)C1. The minimum Gasteiger partial charge on any atom is -0.353 e. The molecule has 25 heavy (non-hydrogen) atoms. The molecule has 2 aliphatic heterocycles. The third kappa shape index (κ3) is 2.96. The Kier molecular flexibility index (Phi) is 3.89. The summed E-state index contributed by atoms with van der Waals surface area (Å²) >= 11 is 1.76. The Hall–Kier alpha value is -1.85. The van der Waals surface area contributed by atoms with E-state index in [0.717, 1.165) is 35.6 Å². The van der Waals surface area contributed by atoms with Gasteiger partial charge in [-0.2, -0.15) is 0 Å². The molecule has 2 atom stereocenters. The third-order valence-corrected chi connectivity index (χ3v) is 6.41. The highest BCUT2D eigenvalue weighted by Crippen LogP contribution is 2.39. The van der Waals surface area contributed by atoms with E-state index in [1.54, 1.807) is 11.3 Å². The second-order valence-corrected chi connectivity index (χ2v) is 9.37. The lowest BCUT2D eigenvalue weighted by Gasteiger charge is -2.27. The summed E-state index contributed by atoms with van der Waals surface area (Å²) in [6.45, 7) is 8.76. The topological polar surface area (TPSA) is 45.6 Å². The minimum absolute atomic E-state index is 0.0655. The summed E-state index contributed by atoms with van der Waals surface area (Å²) in [4.78, 5) is 15.6. The number of carbonyl (C=O) groups is 1. The van der Waals surface area contributed by atoms with Crippen LogP contribution in [0.5, 0.6) is 0 Å². The van der Waals surface area contributed by atoms with Crippen LogP contribution in [0.15, 0.2) is 24.3 Å². The molecule has 1 aromatic heterocycles. The number of benzene rings is 1. The van der Waals surface area contributed by atoms with Crippen molar-refractivity contribution in [3.63, 3.8) is 0 Å². The van der Waals surface area contributed by atoms with Gasteiger partial charge in [0.1, 0.15) is 17.7 Å². The number of thiophene rings is 1. The maximum absolute atomic E-state index is 12.8. The lowest BCUT2D eigenvalue weighted by Crippen LogP contribution is -3.08. The summed E-state index contributed by atoms with van der Waals surface area (Å²) < 4.78 is 0. The number of nitrogens with one attached hydrogen (secondary N) is 3. The smallest absolute Gasteiger partial charge is 0.256 e. The van der Waals surface area contributed by atoms with Gasteiger partial charge in [0.05, 0.1) is 24.0 Å². The summed E-state index contributed by atoms with van der Waals surface area (Å²) in [5, 5.41) is 7.73. The molecule has 0 saturated heterocycles. The highest BCUT2D eigenvalue weighted by atomic mass is 32.1. The highest BCUT2D eigenvalue weighted by molar-refractivity contribution is 7.16. The number of amides is 1. The molecule has 4 rings (SSSR count). The van der Waals surface area contributed by atoms with E-state index < -0.39 is 0 Å². The van der Waals surface area contributed by atoms with Gasteiger partial charge >= 0.3 is 0 Å². The van der Waals surface area contributed by atoms with E-state index in [1.807, 2.05) is 0 Å². The van der Waals surface area contributed by atoms with Gasteiger partial charge < -0.3 is 15.5 Å². The molecule has 0 spiro atoms. The van der Waals surface area contributed by atoms with E-state index in [-0.39, 0.29) is 17.5 Å². The molecule has 5 heteroatoms. The quantitative estimate of drug-likeness (QED) is 0.735. The molecule has 1 unspecified atom stereocenters. The molecule has 3 N–H and O–H groups in total. The fourth-order valence-electron chi connectivity index (χ4n) is 3.67. The first-order valence-electron chi connectivity index (χ1n) is 8.96. The van der Waals surface area contributed by atoms with Crippen molar-refractivity contribution in [2.75, 3.05) is 18.9 Å². The van der Waals surface area contributed by atoms with Gasteiger partial charge in [0.15, 0.2) is 0 Å². The molecule has 132 valence electrons. The number of fused-ring (bicyclic) bond motifs is 3. The number of carbonyl (C=O) groups excluding carboxylic acids is 1. The summed E-state index contributed by atoms with van der Waals surface area (Å²) in [5.74, 6) is 0.0655. The molecular weight excluding hydrogens is 330 g/mol. The molecule has 4 nitrogen and oxygen atoms in total. The zero-order valence-corrected chi connectivity index (χ0v) is 16.1. The first kappa shape index (κ1) is 16.6. The largest absolute Gasteiger partial charge is 0.353 e. The Morgan fingerprint density at radius 3 is 2.56 bits per heavy atom. The molecule has 1 amide bonds. The molecule has 0 bridgehead atoms. The molecule has 0 fully saturated rings. The van der Waals surface area contributed by atoms with E-state index in [4.69, 9.17) is 0 Å². The standard InChI is InChI=1S/C20H25N3OS/c1-20(2,3)13-7-5-12(6-8-13)17-21-18(24)16-14-9-10-23(4)11-15(14)25-19(16)22-17/h5-8,17,22H,9-11H2,1-4H3,(H,21,24)/p+1/t17-/m1/s1. The molecule has 0 aliphatic carbocycles. The first-order valence-corrected chi connectivity index (χ1v) is 9.78. The van der Waals surface area contributed by atoms with Gasteiger partial charge in [-0.1, -0.05) is 45.0 Å². The minimum atomic E-state index is -0.154. The summed E-state index contributed by atoms with van der Waals surface area (Å²) in [6, 6.07) is 8.57. The lowest BCUT2D eigenvalue weighted by molar-refractivity contribution is -0.895. The lowest BCUT2D eigenvalue weighted by atomic mass is 9.86. The predicted molar refractivity (Wildman–Crippen MR) is 102 cm³/mol. The first-order chi connectivity index (χ1) is 11.8. The Morgan fingerprint density at radius 1 is 1.16 bits per heavy atom. The van der Waals surface area contributed by atoms with Crippen molar-refractivity contribution in [2.24, 2.45) is 0 Å². The van der Waals surface area contributed by atoms with Crippen LogP contribution >= 0.6 is 11.3 Å². The van der Waals surface area contributed by atoms with E-state index in [0.29, 0.717) is 0 Å². The van der Waals surface area contributed by atoms with Gasteiger partial charge in [0.25, 0.3) is 5.91 Å². The zero-order chi connectivity index (χ0) is 17.8. The number of rotatable bonds is 1. The van der Waals surface area contributed by atoms with Gasteiger partial charge in [0.2, 0.25) is 0 Å². The van der Waals surface area contributed by atoms with Crippen molar-refractivity contribution < 1.29 is 9.69 Å². The average Bonchev–Trinajstić information content (AvgIpc) is 2.91. The maximum Gasteiger partial charge on any atom is 0.256 e. The van der Waals surface area contributed by atoms with Gasteiger partial charge in [-0.3, -0.25) is 4.79 Å². The van der Waals surface area contributed by atoms with Crippen LogP contribution in [-0.2, 0) is 18.4 Å². The van der Waals surface area contributed by atoms with Crippen LogP contribution in [0, 0.1) is 0 Å². The van der Waals surface area contributed by atoms with E-state index in [2.05, 4.69) is 62.7 Å². The molecule has 1 aromatic carbocycles. The Bertz CT molecular complexity index is 817. The Morgan fingerprint density at radius 2 is 1.88 bits per heavy atom. The summed E-state index contributed by atoms with van der Waals surface area (Å²) in [6.07, 6.45) is 0.840. The second kappa shape index (κ2) is 5.85. The van der Waals surface area contributed by atoms with Crippen LogP contribution in [-0.4, -0.2) is 19.5 Å². The van der Waals surface area contributed by atoms with Crippen LogP contribution in [0.3, 0.4) is 0 Å². The monoisotopic (exact) mass is 356 g/mol. The molecular formula is C20H26N3OS+. The van der Waals surface area contributed by atoms with Crippen molar-refractivity contribution in [2.45, 2.75) is 45.3 Å². The fraction of sp³-hybridized carbons (Fsp3) is 0.450. The van der Waals surface area contributed by atoms with Crippen LogP contribution in [0.25, 0.3) is 0 Å². The van der Waals surface area contributed by atoms with E-state index >= 15 is 0 Å². The molecule has 0 radical (unpaired) electrons. The zero-order valence-electron chi connectivity index (χ0n) is 15.3. The van der Waals surface area contributed by atoms with Crippen molar-refractivity contribution in [1.29, 1.82) is 0 Å². The molecule has 2 aromatic rings. The number of hydrogen-bond donors (Lipinski definition) is 3. The number of quaternary nitrogens is 1. The van der Waals surface area contributed by atoms with Crippen molar-refractivity contribution in [3.8, 4) is 0 Å². The maximum atomic E-state index is 12.8. The summed E-state index contributed by atoms with van der Waals surface area (Å²) in [5.41, 5.74) is 4.68. The molecule has 2 aliphatic rings. The number of hydrogen-bond acceptors (Lipinski definition) is 3. The van der Waals surface area contributed by atoms with Crippen molar-refractivity contribution >= 4 is 22.2 Å². The van der Waals surface area contributed by atoms with Gasteiger partial charge in [-0.05, 0) is 22.1 Å². The number of anilines is 1. The highest BCUT2D eigenvalue weighted by Gasteiger charge is 2.33.